The lowest BCUT2D eigenvalue weighted by Crippen LogP contribution is -2.56. The van der Waals surface area contributed by atoms with Gasteiger partial charge < -0.3 is 15.4 Å². The van der Waals surface area contributed by atoms with Gasteiger partial charge in [0.1, 0.15) is 6.04 Å². The maximum Gasteiger partial charge on any atom is 0.240 e. The lowest BCUT2D eigenvalue weighted by Gasteiger charge is -2.31. The fourth-order valence-corrected chi connectivity index (χ4v) is 2.90. The number of ether oxygens (including phenoxy) is 1. The van der Waals surface area contributed by atoms with Crippen LogP contribution >= 0.6 is 12.4 Å². The molecule has 0 saturated carbocycles. The molecule has 1 fully saturated rings. The first kappa shape index (κ1) is 15.3. The molecule has 1 aliphatic carbocycles. The molecule has 2 aliphatic rings. The topological polar surface area (TPSA) is 79.0 Å². The van der Waals surface area contributed by atoms with Crippen molar-refractivity contribution in [3.8, 4) is 0 Å². The van der Waals surface area contributed by atoms with E-state index >= 15 is 0 Å². The highest BCUT2D eigenvalue weighted by atomic mass is 35.5. The van der Waals surface area contributed by atoms with Crippen LogP contribution in [-0.2, 0) is 16.0 Å². The number of hydrogen-bond acceptors (Lipinski definition) is 4. The number of hydrogen-bond donors (Lipinski definition) is 3. The Hall–Kier alpha value is -1.11. The van der Waals surface area contributed by atoms with Crippen molar-refractivity contribution < 1.29 is 9.53 Å². The van der Waals surface area contributed by atoms with E-state index in [0.717, 1.165) is 31.5 Å². The van der Waals surface area contributed by atoms with Gasteiger partial charge in [0.2, 0.25) is 5.91 Å². The monoisotopic (exact) mass is 300 g/mol. The number of H-pyrrole nitrogens is 1. The molecule has 3 rings (SSSR count). The highest BCUT2D eigenvalue weighted by Crippen LogP contribution is 2.27. The van der Waals surface area contributed by atoms with E-state index in [4.69, 9.17) is 4.74 Å². The minimum Gasteiger partial charge on any atom is -0.375 e. The normalized spacial score (nSPS) is 29.1. The summed E-state index contributed by atoms with van der Waals surface area (Å²) in [6.07, 6.45) is 4.86. The number of nitrogens with one attached hydrogen (secondary N) is 3. The summed E-state index contributed by atoms with van der Waals surface area (Å²) in [4.78, 5) is 12.3. The zero-order chi connectivity index (χ0) is 13.2. The summed E-state index contributed by atoms with van der Waals surface area (Å²) in [5.41, 5.74) is 2.28. The van der Waals surface area contributed by atoms with Crippen molar-refractivity contribution in [3.05, 3.63) is 17.5 Å². The van der Waals surface area contributed by atoms with E-state index in [1.807, 2.05) is 13.1 Å². The van der Waals surface area contributed by atoms with Gasteiger partial charge in [-0.25, -0.2) is 0 Å². The molecular weight excluding hydrogens is 280 g/mol. The Labute approximate surface area is 124 Å². The van der Waals surface area contributed by atoms with Gasteiger partial charge in [0.05, 0.1) is 30.6 Å². The van der Waals surface area contributed by atoms with Crippen molar-refractivity contribution in [3.63, 3.8) is 0 Å². The Balaban J connectivity index is 0.00000147. The largest absolute Gasteiger partial charge is 0.375 e. The second-order valence-corrected chi connectivity index (χ2v) is 5.27. The predicted molar refractivity (Wildman–Crippen MR) is 76.9 cm³/mol. The van der Waals surface area contributed by atoms with Crippen LogP contribution < -0.4 is 10.6 Å². The minimum absolute atomic E-state index is 0. The van der Waals surface area contributed by atoms with Crippen molar-refractivity contribution >= 4 is 18.3 Å². The molecule has 1 aromatic heterocycles. The molecule has 1 aromatic rings. The maximum atomic E-state index is 12.3. The van der Waals surface area contributed by atoms with Crippen LogP contribution in [-0.4, -0.2) is 41.4 Å². The predicted octanol–water partition coefficient (Wildman–Crippen LogP) is 0.702. The van der Waals surface area contributed by atoms with Crippen LogP contribution in [0.15, 0.2) is 6.20 Å². The van der Waals surface area contributed by atoms with Gasteiger partial charge in [-0.1, -0.05) is 0 Å². The number of nitrogens with zero attached hydrogens (tertiary/aromatic N) is 1. The lowest BCUT2D eigenvalue weighted by molar-refractivity contribution is -0.129. The average molecular weight is 301 g/mol. The van der Waals surface area contributed by atoms with E-state index in [9.17, 15) is 4.79 Å². The zero-order valence-corrected chi connectivity index (χ0v) is 12.3. The van der Waals surface area contributed by atoms with Crippen molar-refractivity contribution in [2.45, 2.75) is 44.4 Å². The van der Waals surface area contributed by atoms with E-state index in [1.165, 1.54) is 5.56 Å². The van der Waals surface area contributed by atoms with Gasteiger partial charge in [-0.2, -0.15) is 5.10 Å². The zero-order valence-electron chi connectivity index (χ0n) is 11.5. The first-order valence-electron chi connectivity index (χ1n) is 6.93. The third-order valence-electron chi connectivity index (χ3n) is 3.95. The fraction of sp³-hybridized carbons (Fsp3) is 0.692. The minimum atomic E-state index is -0.262. The second kappa shape index (κ2) is 6.56. The first-order chi connectivity index (χ1) is 9.25. The third kappa shape index (κ3) is 2.97. The Kier molecular flexibility index (Phi) is 5.01. The van der Waals surface area contributed by atoms with Gasteiger partial charge in [0.15, 0.2) is 0 Å². The van der Waals surface area contributed by atoms with Gasteiger partial charge in [-0.05, 0) is 31.7 Å². The molecule has 0 radical (unpaired) electrons. The number of rotatable bonds is 2. The first-order valence-corrected chi connectivity index (χ1v) is 6.93. The summed E-state index contributed by atoms with van der Waals surface area (Å²) in [6, 6.07) is -0.211. The van der Waals surface area contributed by atoms with E-state index in [1.54, 1.807) is 0 Å². The molecule has 112 valence electrons. The molecule has 6 nitrogen and oxygen atoms in total. The highest BCUT2D eigenvalue weighted by Gasteiger charge is 2.31. The molecule has 0 spiro atoms. The van der Waals surface area contributed by atoms with Crippen LogP contribution in [0, 0.1) is 0 Å². The van der Waals surface area contributed by atoms with Crippen molar-refractivity contribution in [1.82, 2.24) is 20.8 Å². The molecule has 0 bridgehead atoms. The smallest absolute Gasteiger partial charge is 0.240 e. The van der Waals surface area contributed by atoms with Crippen LogP contribution in [0.1, 0.15) is 37.1 Å². The molecule has 2 heterocycles. The summed E-state index contributed by atoms with van der Waals surface area (Å²) < 4.78 is 5.51. The molecule has 1 saturated heterocycles. The molecular formula is C13H21ClN4O2. The van der Waals surface area contributed by atoms with Crippen LogP contribution in [0.3, 0.4) is 0 Å². The number of halogens is 1. The molecule has 20 heavy (non-hydrogen) atoms. The number of carbonyl (C=O) groups excluding carboxylic acids is 1. The Morgan fingerprint density at radius 3 is 3.20 bits per heavy atom. The van der Waals surface area contributed by atoms with Gasteiger partial charge in [-0.3, -0.25) is 9.89 Å². The number of morpholine rings is 1. The van der Waals surface area contributed by atoms with Crippen molar-refractivity contribution in [2.75, 3.05) is 13.2 Å². The van der Waals surface area contributed by atoms with Crippen LogP contribution in [0.2, 0.25) is 0 Å². The summed E-state index contributed by atoms with van der Waals surface area (Å²) in [5.74, 6) is 0.0136. The summed E-state index contributed by atoms with van der Waals surface area (Å²) >= 11 is 0. The van der Waals surface area contributed by atoms with Gasteiger partial charge in [-0.15, -0.1) is 12.4 Å². The molecule has 1 amide bonds. The van der Waals surface area contributed by atoms with Gasteiger partial charge in [0.25, 0.3) is 0 Å². The number of fused-ring (bicyclic) bond motifs is 1. The molecule has 7 heteroatoms. The Morgan fingerprint density at radius 1 is 1.55 bits per heavy atom. The van der Waals surface area contributed by atoms with Crippen molar-refractivity contribution in [1.29, 1.82) is 0 Å². The summed E-state index contributed by atoms with van der Waals surface area (Å²) in [6.45, 7) is 3.32. The highest BCUT2D eigenvalue weighted by molar-refractivity contribution is 5.85. The molecule has 1 aliphatic heterocycles. The Bertz CT molecular complexity index is 465. The van der Waals surface area contributed by atoms with Crippen LogP contribution in [0.5, 0.6) is 0 Å². The molecule has 1 unspecified atom stereocenters. The van der Waals surface area contributed by atoms with E-state index < -0.39 is 0 Å². The second-order valence-electron chi connectivity index (χ2n) is 5.27. The standard InChI is InChI=1S/C13H20N4O2.ClH/c1-8-11(14-5-6-19-8)13(18)16-10-4-2-3-9-7-15-17-12(9)10;/h7-8,10-11,14H,2-6H2,1H3,(H,15,17)(H,16,18);1H/t8-,10?,11+;/m1./s1. The SMILES string of the molecule is C[C@H]1OCCN[C@@H]1C(=O)NC1CCCc2cn[nH]c21.Cl. The number of aryl methyl sites for hydroxylation is 1. The lowest BCUT2D eigenvalue weighted by atomic mass is 9.93. The number of carbonyl (C=O) groups is 1. The van der Waals surface area contributed by atoms with E-state index in [0.29, 0.717) is 6.61 Å². The van der Waals surface area contributed by atoms with Gasteiger partial charge in [0, 0.05) is 6.54 Å². The van der Waals surface area contributed by atoms with Crippen LogP contribution in [0.4, 0.5) is 0 Å². The van der Waals surface area contributed by atoms with Crippen molar-refractivity contribution in [2.24, 2.45) is 0 Å². The summed E-state index contributed by atoms with van der Waals surface area (Å²) in [7, 11) is 0. The van der Waals surface area contributed by atoms with E-state index in [2.05, 4.69) is 20.8 Å². The van der Waals surface area contributed by atoms with Crippen LogP contribution in [0.25, 0.3) is 0 Å². The Morgan fingerprint density at radius 2 is 2.40 bits per heavy atom. The summed E-state index contributed by atoms with van der Waals surface area (Å²) in [5, 5.41) is 13.4. The third-order valence-corrected chi connectivity index (χ3v) is 3.95. The molecule has 3 atom stereocenters. The number of aromatic nitrogens is 2. The maximum absolute atomic E-state index is 12.3. The van der Waals surface area contributed by atoms with Gasteiger partial charge >= 0.3 is 0 Å². The molecule has 0 aromatic carbocycles. The number of amides is 1. The average Bonchev–Trinajstić information content (AvgIpc) is 2.88. The fourth-order valence-electron chi connectivity index (χ4n) is 2.90. The number of aromatic amines is 1. The molecule has 3 N–H and O–H groups in total. The van der Waals surface area contributed by atoms with E-state index in [-0.39, 0.29) is 36.5 Å². The quantitative estimate of drug-likeness (QED) is 0.751.